The molecule has 0 aliphatic rings. The van der Waals surface area contributed by atoms with Gasteiger partial charge in [0.1, 0.15) is 11.9 Å². The third-order valence-corrected chi connectivity index (χ3v) is 2.42. The second-order valence-corrected chi connectivity index (χ2v) is 3.68. The molecule has 88 valence electrons. The van der Waals surface area contributed by atoms with E-state index in [9.17, 15) is 9.18 Å². The number of carbonyl (C=O) groups excluding carboxylic acids is 1. The molecule has 0 aromatic heterocycles. The summed E-state index contributed by atoms with van der Waals surface area (Å²) in [5.41, 5.74) is 0.928. The molecule has 0 spiro atoms. The fourth-order valence-corrected chi connectivity index (χ4v) is 1.47. The summed E-state index contributed by atoms with van der Waals surface area (Å²) >= 11 is 0. The molecule has 0 saturated heterocycles. The number of hydrogen-bond donors (Lipinski definition) is 1. The van der Waals surface area contributed by atoms with Gasteiger partial charge in [-0.1, -0.05) is 12.1 Å². The average Bonchev–Trinajstić information content (AvgIpc) is 2.28. The van der Waals surface area contributed by atoms with Crippen LogP contribution in [0.2, 0.25) is 0 Å². The highest BCUT2D eigenvalue weighted by Crippen LogP contribution is 2.13. The summed E-state index contributed by atoms with van der Waals surface area (Å²) in [7, 11) is 1.35. The highest BCUT2D eigenvalue weighted by molar-refractivity contribution is 5.75. The zero-order valence-corrected chi connectivity index (χ0v) is 9.66. The Balaban J connectivity index is 2.61. The number of halogens is 1. The van der Waals surface area contributed by atoms with Gasteiger partial charge < -0.3 is 4.74 Å². The van der Waals surface area contributed by atoms with Crippen LogP contribution in [-0.2, 0) is 9.53 Å². The highest BCUT2D eigenvalue weighted by atomic mass is 19.1. The monoisotopic (exact) mass is 225 g/mol. The maximum Gasteiger partial charge on any atom is 0.322 e. The van der Waals surface area contributed by atoms with Crippen molar-refractivity contribution in [2.45, 2.75) is 25.9 Å². The molecule has 1 rings (SSSR count). The predicted octanol–water partition coefficient (Wildman–Crippen LogP) is 2.04. The number of carbonyl (C=O) groups is 1. The van der Waals surface area contributed by atoms with E-state index in [1.165, 1.54) is 19.2 Å². The summed E-state index contributed by atoms with van der Waals surface area (Å²) in [6.07, 6.45) is 0. The third kappa shape index (κ3) is 3.31. The molecule has 0 amide bonds. The number of ether oxygens (including phenoxy) is 1. The van der Waals surface area contributed by atoms with Gasteiger partial charge in [0.25, 0.3) is 0 Å². The molecule has 0 aliphatic carbocycles. The number of rotatable bonds is 4. The van der Waals surface area contributed by atoms with Gasteiger partial charge in [0.2, 0.25) is 0 Å². The van der Waals surface area contributed by atoms with Crippen molar-refractivity contribution in [3.05, 3.63) is 35.6 Å². The molecular weight excluding hydrogens is 209 g/mol. The Morgan fingerprint density at radius 1 is 1.31 bits per heavy atom. The summed E-state index contributed by atoms with van der Waals surface area (Å²) < 4.78 is 17.3. The maximum atomic E-state index is 12.7. The minimum Gasteiger partial charge on any atom is -0.468 e. The van der Waals surface area contributed by atoms with Gasteiger partial charge >= 0.3 is 5.97 Å². The SMILES string of the molecule is COC(=O)C(C)NC(C)c1ccc(F)cc1. The van der Waals surface area contributed by atoms with E-state index in [1.54, 1.807) is 19.1 Å². The minimum absolute atomic E-state index is 0.0327. The van der Waals surface area contributed by atoms with Crippen LogP contribution in [-0.4, -0.2) is 19.1 Å². The summed E-state index contributed by atoms with van der Waals surface area (Å²) in [4.78, 5) is 11.2. The molecule has 0 heterocycles. The van der Waals surface area contributed by atoms with Crippen LogP contribution in [0.5, 0.6) is 0 Å². The van der Waals surface area contributed by atoms with Crippen LogP contribution in [0.4, 0.5) is 4.39 Å². The first kappa shape index (κ1) is 12.6. The molecule has 2 atom stereocenters. The number of hydrogen-bond acceptors (Lipinski definition) is 3. The van der Waals surface area contributed by atoms with Crippen LogP contribution >= 0.6 is 0 Å². The first-order valence-electron chi connectivity index (χ1n) is 5.14. The molecule has 16 heavy (non-hydrogen) atoms. The van der Waals surface area contributed by atoms with Gasteiger partial charge in [-0.25, -0.2) is 4.39 Å². The van der Waals surface area contributed by atoms with Gasteiger partial charge in [-0.3, -0.25) is 10.1 Å². The van der Waals surface area contributed by atoms with Crippen LogP contribution < -0.4 is 5.32 Å². The largest absolute Gasteiger partial charge is 0.468 e. The predicted molar refractivity (Wildman–Crippen MR) is 59.4 cm³/mol. The van der Waals surface area contributed by atoms with E-state index in [2.05, 4.69) is 10.1 Å². The van der Waals surface area contributed by atoms with Gasteiger partial charge in [0, 0.05) is 6.04 Å². The molecule has 4 heteroatoms. The average molecular weight is 225 g/mol. The fraction of sp³-hybridized carbons (Fsp3) is 0.417. The second-order valence-electron chi connectivity index (χ2n) is 3.68. The van der Waals surface area contributed by atoms with Crippen molar-refractivity contribution in [1.82, 2.24) is 5.32 Å². The van der Waals surface area contributed by atoms with E-state index in [4.69, 9.17) is 0 Å². The number of methoxy groups -OCH3 is 1. The van der Waals surface area contributed by atoms with E-state index in [-0.39, 0.29) is 23.9 Å². The molecule has 1 aromatic carbocycles. The van der Waals surface area contributed by atoms with Crippen LogP contribution in [0.1, 0.15) is 25.5 Å². The Morgan fingerprint density at radius 3 is 2.38 bits per heavy atom. The molecule has 2 unspecified atom stereocenters. The van der Waals surface area contributed by atoms with Gasteiger partial charge in [0.05, 0.1) is 7.11 Å². The first-order chi connectivity index (χ1) is 7.54. The quantitative estimate of drug-likeness (QED) is 0.797. The van der Waals surface area contributed by atoms with Crippen LogP contribution in [0, 0.1) is 5.82 Å². The second kappa shape index (κ2) is 5.61. The maximum absolute atomic E-state index is 12.7. The molecule has 3 nitrogen and oxygen atoms in total. The lowest BCUT2D eigenvalue weighted by molar-refractivity contribution is -0.142. The van der Waals surface area contributed by atoms with Gasteiger partial charge in [-0.15, -0.1) is 0 Å². The van der Waals surface area contributed by atoms with Crippen LogP contribution in [0.3, 0.4) is 0 Å². The number of esters is 1. The van der Waals surface area contributed by atoms with E-state index in [0.717, 1.165) is 5.56 Å². The van der Waals surface area contributed by atoms with Crippen molar-refractivity contribution in [2.75, 3.05) is 7.11 Å². The number of benzene rings is 1. The van der Waals surface area contributed by atoms with E-state index in [1.807, 2.05) is 6.92 Å². The van der Waals surface area contributed by atoms with Crippen molar-refractivity contribution in [3.63, 3.8) is 0 Å². The minimum atomic E-state index is -0.384. The molecule has 1 aromatic rings. The van der Waals surface area contributed by atoms with E-state index >= 15 is 0 Å². The fourth-order valence-electron chi connectivity index (χ4n) is 1.47. The summed E-state index contributed by atoms with van der Waals surface area (Å²) in [6.45, 7) is 3.64. The molecule has 0 bridgehead atoms. The van der Waals surface area contributed by atoms with Crippen molar-refractivity contribution >= 4 is 5.97 Å². The van der Waals surface area contributed by atoms with Crippen molar-refractivity contribution < 1.29 is 13.9 Å². The van der Waals surface area contributed by atoms with Gasteiger partial charge in [-0.05, 0) is 31.5 Å². The Morgan fingerprint density at radius 2 is 1.88 bits per heavy atom. The summed E-state index contributed by atoms with van der Waals surface area (Å²) in [5, 5.41) is 3.07. The molecule has 1 N–H and O–H groups in total. The van der Waals surface area contributed by atoms with Gasteiger partial charge in [0.15, 0.2) is 0 Å². The Labute approximate surface area is 94.6 Å². The Hall–Kier alpha value is -1.42. The Bertz CT molecular complexity index is 351. The van der Waals surface area contributed by atoms with Crippen molar-refractivity contribution in [2.24, 2.45) is 0 Å². The third-order valence-electron chi connectivity index (χ3n) is 2.42. The van der Waals surface area contributed by atoms with E-state index in [0.29, 0.717) is 0 Å². The normalized spacial score (nSPS) is 14.2. The lowest BCUT2D eigenvalue weighted by atomic mass is 10.1. The summed E-state index contributed by atoms with van der Waals surface area (Å²) in [5.74, 6) is -0.578. The zero-order valence-electron chi connectivity index (χ0n) is 9.66. The van der Waals surface area contributed by atoms with Gasteiger partial charge in [-0.2, -0.15) is 0 Å². The lowest BCUT2D eigenvalue weighted by Crippen LogP contribution is -2.36. The Kier molecular flexibility index (Phi) is 4.43. The highest BCUT2D eigenvalue weighted by Gasteiger charge is 2.16. The molecule has 0 saturated carbocycles. The topological polar surface area (TPSA) is 38.3 Å². The molecule has 0 radical (unpaired) electrons. The first-order valence-corrected chi connectivity index (χ1v) is 5.14. The van der Waals surface area contributed by atoms with Crippen molar-refractivity contribution in [3.8, 4) is 0 Å². The molecule has 0 aliphatic heterocycles. The van der Waals surface area contributed by atoms with Crippen LogP contribution in [0.25, 0.3) is 0 Å². The van der Waals surface area contributed by atoms with Crippen molar-refractivity contribution in [1.29, 1.82) is 0 Å². The zero-order chi connectivity index (χ0) is 12.1. The lowest BCUT2D eigenvalue weighted by Gasteiger charge is -2.18. The molecule has 0 fully saturated rings. The summed E-state index contributed by atoms with van der Waals surface area (Å²) in [6, 6.07) is 5.76. The standard InChI is InChI=1S/C12H16FNO2/c1-8(14-9(2)12(15)16-3)10-4-6-11(13)7-5-10/h4-9,14H,1-3H3. The van der Waals surface area contributed by atoms with Crippen LogP contribution in [0.15, 0.2) is 24.3 Å². The number of nitrogens with one attached hydrogen (secondary N) is 1. The molecular formula is C12H16FNO2. The smallest absolute Gasteiger partial charge is 0.322 e. The van der Waals surface area contributed by atoms with E-state index < -0.39 is 0 Å².